The predicted molar refractivity (Wildman–Crippen MR) is 83.1 cm³/mol. The summed E-state index contributed by atoms with van der Waals surface area (Å²) in [4.78, 5) is 63.2. The van der Waals surface area contributed by atoms with E-state index in [1.54, 1.807) is 0 Å². The van der Waals surface area contributed by atoms with Crippen LogP contribution >= 0.6 is 15.6 Å². The molecule has 150 valence electrons. The van der Waals surface area contributed by atoms with Gasteiger partial charge in [0.2, 0.25) is 0 Å². The second-order valence-corrected chi connectivity index (χ2v) is 7.56. The Hall–Kier alpha value is -1.83. The molecule has 0 aliphatic carbocycles. The van der Waals surface area contributed by atoms with Gasteiger partial charge in [0.1, 0.15) is 24.5 Å². The Morgan fingerprint density at radius 2 is 1.96 bits per heavy atom. The van der Waals surface area contributed by atoms with Gasteiger partial charge in [-0.05, 0) is 5.53 Å². The highest BCUT2D eigenvalue weighted by molar-refractivity contribution is 7.46. The number of hydrogen-bond donors (Lipinski definition) is 5. The number of phosphoric acid groups is 2. The van der Waals surface area contributed by atoms with Crippen molar-refractivity contribution in [2.45, 2.75) is 24.5 Å². The lowest BCUT2D eigenvalue weighted by atomic mass is 10.1. The Balaban J connectivity index is 2.45. The topological polar surface area (TPSA) is 246 Å². The molecule has 2 heterocycles. The van der Waals surface area contributed by atoms with Gasteiger partial charge < -0.3 is 24.3 Å². The zero-order chi connectivity index (χ0) is 20.4. The lowest BCUT2D eigenvalue weighted by Crippen LogP contribution is -2.37. The van der Waals surface area contributed by atoms with E-state index in [2.05, 4.69) is 19.1 Å². The number of H-pyrrole nitrogens is 1. The zero-order valence-corrected chi connectivity index (χ0v) is 14.8. The van der Waals surface area contributed by atoms with Gasteiger partial charge in [-0.25, -0.2) is 13.9 Å². The van der Waals surface area contributed by atoms with Gasteiger partial charge in [-0.15, -0.1) is 0 Å². The first-order valence-corrected chi connectivity index (χ1v) is 9.92. The number of hydrogen-bond acceptors (Lipinski definition) is 8. The third kappa shape index (κ3) is 5.82. The molecule has 0 saturated carbocycles. The summed E-state index contributed by atoms with van der Waals surface area (Å²) in [6, 6.07) is -0.632. The Morgan fingerprint density at radius 1 is 1.30 bits per heavy atom. The number of ether oxygens (including phenoxy) is 1. The maximum atomic E-state index is 11.9. The monoisotopic (exact) mass is 429 g/mol. The van der Waals surface area contributed by atoms with Gasteiger partial charge in [-0.2, -0.15) is 0 Å². The summed E-state index contributed by atoms with van der Waals surface area (Å²) >= 11 is 0. The lowest BCUT2D eigenvalue weighted by Gasteiger charge is -2.21. The van der Waals surface area contributed by atoms with E-state index in [0.29, 0.717) is 0 Å². The van der Waals surface area contributed by atoms with Crippen LogP contribution in [-0.4, -0.2) is 54.0 Å². The molecule has 5 N–H and O–H groups in total. The van der Waals surface area contributed by atoms with Crippen molar-refractivity contribution in [2.24, 2.45) is 5.11 Å². The van der Waals surface area contributed by atoms with Gasteiger partial charge in [0, 0.05) is 17.2 Å². The van der Waals surface area contributed by atoms with Crippen molar-refractivity contribution in [1.29, 1.82) is 0 Å². The van der Waals surface area contributed by atoms with Crippen LogP contribution in [0.5, 0.6) is 0 Å². The van der Waals surface area contributed by atoms with E-state index in [9.17, 15) is 18.7 Å². The Morgan fingerprint density at radius 3 is 2.48 bits per heavy atom. The number of aromatic amines is 1. The van der Waals surface area contributed by atoms with Gasteiger partial charge in [0.25, 0.3) is 5.56 Å². The fraction of sp³-hybridized carbons (Fsp3) is 0.556. The largest absolute Gasteiger partial charge is 0.469 e. The van der Waals surface area contributed by atoms with Crippen LogP contribution in [0.25, 0.3) is 10.4 Å². The van der Waals surface area contributed by atoms with Crippen molar-refractivity contribution >= 4 is 15.6 Å². The zero-order valence-electron chi connectivity index (χ0n) is 13.0. The highest BCUT2D eigenvalue weighted by Gasteiger charge is 2.49. The number of rotatable bonds is 7. The first-order chi connectivity index (χ1) is 12.4. The number of nitrogens with one attached hydrogen (secondary N) is 1. The summed E-state index contributed by atoms with van der Waals surface area (Å²) in [5, 5.41) is 3.29. The van der Waals surface area contributed by atoms with E-state index in [4.69, 9.17) is 29.8 Å². The van der Waals surface area contributed by atoms with Gasteiger partial charge in [0.05, 0.1) is 6.61 Å². The third-order valence-electron chi connectivity index (χ3n) is 3.29. The van der Waals surface area contributed by atoms with Crippen molar-refractivity contribution < 1.29 is 42.5 Å². The molecular formula is C9H13N5O11P2. The molecular weight excluding hydrogens is 416 g/mol. The Bertz CT molecular complexity index is 942. The predicted octanol–water partition coefficient (Wildman–Crippen LogP) is -1.30. The first kappa shape index (κ1) is 21.5. The number of aromatic nitrogens is 2. The van der Waals surface area contributed by atoms with Crippen molar-refractivity contribution in [3.63, 3.8) is 0 Å². The fourth-order valence-electron chi connectivity index (χ4n) is 2.35. The van der Waals surface area contributed by atoms with Crippen LogP contribution in [0.3, 0.4) is 0 Å². The van der Waals surface area contributed by atoms with Gasteiger partial charge >= 0.3 is 21.3 Å². The SMILES string of the molecule is [N-]=[N+]=N[C@@H]1[C@H](OP(=O)(O)O)[C@@H](COP(=O)(O)O)O[C@H]1n1ccc(=O)[nH]c1=O. The maximum Gasteiger partial charge on any atom is 0.469 e. The molecule has 1 aromatic rings. The minimum Gasteiger partial charge on any atom is -0.349 e. The summed E-state index contributed by atoms with van der Waals surface area (Å²) in [6.07, 6.45) is -3.85. The smallest absolute Gasteiger partial charge is 0.349 e. The van der Waals surface area contributed by atoms with Crippen molar-refractivity contribution in [3.8, 4) is 0 Å². The van der Waals surface area contributed by atoms with Crippen LogP contribution in [0.15, 0.2) is 27.0 Å². The average Bonchev–Trinajstić information content (AvgIpc) is 2.81. The molecule has 0 bridgehead atoms. The Labute approximate surface area is 148 Å². The van der Waals surface area contributed by atoms with E-state index >= 15 is 0 Å². The van der Waals surface area contributed by atoms with E-state index < -0.39 is 58.0 Å². The molecule has 0 aromatic carbocycles. The normalized spacial score (nSPS) is 25.9. The fourth-order valence-corrected chi connectivity index (χ4v) is 3.27. The molecule has 4 atom stereocenters. The van der Waals surface area contributed by atoms with Crippen LogP contribution in [0, 0.1) is 0 Å². The third-order valence-corrected chi connectivity index (χ3v) is 4.29. The molecule has 0 radical (unpaired) electrons. The van der Waals surface area contributed by atoms with Crippen molar-refractivity contribution in [3.05, 3.63) is 43.5 Å². The van der Waals surface area contributed by atoms with Crippen molar-refractivity contribution in [1.82, 2.24) is 9.55 Å². The number of nitrogens with zero attached hydrogens (tertiary/aromatic N) is 4. The molecule has 16 nitrogen and oxygen atoms in total. The van der Waals surface area contributed by atoms with Crippen LogP contribution < -0.4 is 11.2 Å². The second-order valence-electron chi connectivity index (χ2n) is 5.12. The quantitative estimate of drug-likeness (QED) is 0.147. The molecule has 1 aliphatic rings. The summed E-state index contributed by atoms with van der Waals surface area (Å²) in [6.45, 7) is -0.916. The minimum absolute atomic E-state index is 0.744. The van der Waals surface area contributed by atoms with E-state index in [0.717, 1.165) is 16.8 Å². The molecule has 1 fully saturated rings. The van der Waals surface area contributed by atoms with Crippen LogP contribution in [-0.2, 0) is 22.9 Å². The molecule has 1 aliphatic heterocycles. The van der Waals surface area contributed by atoms with Gasteiger partial charge in [-0.1, -0.05) is 5.11 Å². The van der Waals surface area contributed by atoms with E-state index in [1.165, 1.54) is 0 Å². The molecule has 2 rings (SSSR count). The molecule has 0 unspecified atom stereocenters. The molecule has 0 amide bonds. The van der Waals surface area contributed by atoms with Crippen LogP contribution in [0.1, 0.15) is 6.23 Å². The van der Waals surface area contributed by atoms with Crippen LogP contribution in [0.2, 0.25) is 0 Å². The highest BCUT2D eigenvalue weighted by Crippen LogP contribution is 2.46. The van der Waals surface area contributed by atoms with Crippen molar-refractivity contribution in [2.75, 3.05) is 6.61 Å². The standard InChI is InChI=1S/C9H13N5O11P2/c10-13-12-6-7(25-27(20,21)22)4(3-23-26(17,18)19)24-8(6)14-2-1-5(15)11-9(14)16/h1-2,4,6-8H,3H2,(H,11,15,16)(H2,17,18,19)(H2,20,21,22)/t4-,6-,7-,8-/m1/s1. The lowest BCUT2D eigenvalue weighted by molar-refractivity contribution is -0.0450. The Kier molecular flexibility index (Phi) is 6.39. The number of azide groups is 1. The molecule has 27 heavy (non-hydrogen) atoms. The summed E-state index contributed by atoms with van der Waals surface area (Å²) < 4.78 is 36.9. The highest BCUT2D eigenvalue weighted by atomic mass is 31.2. The van der Waals surface area contributed by atoms with Gasteiger partial charge in [-0.3, -0.25) is 23.4 Å². The minimum atomic E-state index is -5.17. The first-order valence-electron chi connectivity index (χ1n) is 6.86. The molecule has 18 heteroatoms. The maximum absolute atomic E-state index is 11.9. The number of phosphoric ester groups is 2. The van der Waals surface area contributed by atoms with Crippen LogP contribution in [0.4, 0.5) is 0 Å². The average molecular weight is 429 g/mol. The molecule has 1 saturated heterocycles. The summed E-state index contributed by atoms with van der Waals surface area (Å²) in [7, 11) is -10.2. The molecule has 1 aromatic heterocycles. The molecule has 0 spiro atoms. The summed E-state index contributed by atoms with van der Waals surface area (Å²) in [5.41, 5.74) is 6.96. The summed E-state index contributed by atoms with van der Waals surface area (Å²) in [5.74, 6) is 0. The second kappa shape index (κ2) is 8.04. The van der Waals surface area contributed by atoms with E-state index in [1.807, 2.05) is 4.98 Å². The van der Waals surface area contributed by atoms with Gasteiger partial charge in [0.15, 0.2) is 0 Å². The van der Waals surface area contributed by atoms with E-state index in [-0.39, 0.29) is 0 Å².